The minimum atomic E-state index is -0.417. The van der Waals surface area contributed by atoms with Crippen LogP contribution in [0.4, 0.5) is 4.39 Å². The van der Waals surface area contributed by atoms with Crippen molar-refractivity contribution in [2.24, 2.45) is 0 Å². The van der Waals surface area contributed by atoms with E-state index in [0.717, 1.165) is 22.1 Å². The smallest absolute Gasteiger partial charge is 0.225 e. The van der Waals surface area contributed by atoms with Gasteiger partial charge in [-0.15, -0.1) is 5.10 Å². The van der Waals surface area contributed by atoms with Crippen molar-refractivity contribution in [3.63, 3.8) is 0 Å². The van der Waals surface area contributed by atoms with Gasteiger partial charge in [0.15, 0.2) is 11.5 Å². The summed E-state index contributed by atoms with van der Waals surface area (Å²) in [5.74, 6) is -0.0741. The molecule has 0 aliphatic heterocycles. The van der Waals surface area contributed by atoms with Gasteiger partial charge < -0.3 is 9.73 Å². The lowest BCUT2D eigenvalue weighted by molar-refractivity contribution is -0.121. The first-order valence-electron chi connectivity index (χ1n) is 10.2. The topological polar surface area (TPSA) is 85.3 Å². The maximum Gasteiger partial charge on any atom is 0.225 e. The molecule has 0 saturated heterocycles. The number of aryl methyl sites for hydroxylation is 1. The summed E-state index contributed by atoms with van der Waals surface area (Å²) in [4.78, 5) is 21.4. The van der Waals surface area contributed by atoms with Crippen LogP contribution in [-0.4, -0.2) is 25.5 Å². The van der Waals surface area contributed by atoms with E-state index in [4.69, 9.17) is 4.42 Å². The predicted octanol–water partition coefficient (Wildman–Crippen LogP) is 4.40. The number of furan rings is 1. The van der Waals surface area contributed by atoms with Crippen LogP contribution >= 0.6 is 0 Å². The van der Waals surface area contributed by atoms with Crippen molar-refractivity contribution in [1.29, 1.82) is 0 Å². The monoisotopic (exact) mass is 429 g/mol. The third kappa shape index (κ3) is 3.71. The van der Waals surface area contributed by atoms with Crippen LogP contribution in [-0.2, 0) is 11.2 Å². The second-order valence-electron chi connectivity index (χ2n) is 7.75. The Hall–Kier alpha value is -4.07. The third-order valence-corrected chi connectivity index (χ3v) is 5.32. The van der Waals surface area contributed by atoms with Gasteiger partial charge in [0.05, 0.1) is 24.4 Å². The molecule has 8 heteroatoms. The molecule has 5 rings (SSSR count). The Labute approximate surface area is 182 Å². The molecule has 1 amide bonds. The van der Waals surface area contributed by atoms with Gasteiger partial charge in [0, 0.05) is 22.6 Å². The average molecular weight is 429 g/mol. The van der Waals surface area contributed by atoms with Crippen molar-refractivity contribution in [1.82, 2.24) is 24.9 Å². The fourth-order valence-corrected chi connectivity index (χ4v) is 3.67. The van der Waals surface area contributed by atoms with Crippen LogP contribution < -0.4 is 5.32 Å². The normalized spacial score (nSPS) is 12.3. The van der Waals surface area contributed by atoms with Gasteiger partial charge in [0.25, 0.3) is 0 Å². The summed E-state index contributed by atoms with van der Waals surface area (Å²) in [5.41, 5.74) is 4.07. The van der Waals surface area contributed by atoms with Gasteiger partial charge in [-0.25, -0.2) is 18.9 Å². The Morgan fingerprint density at radius 2 is 2.06 bits per heavy atom. The van der Waals surface area contributed by atoms with E-state index in [-0.39, 0.29) is 18.1 Å². The van der Waals surface area contributed by atoms with Gasteiger partial charge in [-0.3, -0.25) is 4.79 Å². The molecule has 0 bridgehead atoms. The minimum absolute atomic E-state index is 0.162. The molecule has 5 aromatic rings. The van der Waals surface area contributed by atoms with Gasteiger partial charge >= 0.3 is 0 Å². The van der Waals surface area contributed by atoms with Crippen molar-refractivity contribution in [3.8, 4) is 11.3 Å². The summed E-state index contributed by atoms with van der Waals surface area (Å²) in [6.07, 6.45) is 3.29. The van der Waals surface area contributed by atoms with Gasteiger partial charge in [0.2, 0.25) is 5.91 Å². The quantitative estimate of drug-likeness (QED) is 0.447. The van der Waals surface area contributed by atoms with Gasteiger partial charge in [0.1, 0.15) is 17.7 Å². The largest absolute Gasteiger partial charge is 0.464 e. The van der Waals surface area contributed by atoms with Crippen molar-refractivity contribution < 1.29 is 13.6 Å². The number of hydrogen-bond donors (Lipinski definition) is 1. The molecule has 2 aromatic carbocycles. The predicted molar refractivity (Wildman–Crippen MR) is 117 cm³/mol. The number of fused-ring (bicyclic) bond motifs is 2. The Morgan fingerprint density at radius 1 is 1.22 bits per heavy atom. The molecule has 0 aliphatic rings. The molecule has 32 heavy (non-hydrogen) atoms. The molecule has 160 valence electrons. The standard InChI is InChI=1S/C24H20FN5O2/c1-14-7-8-17-16(12-32-21(17)9-14)10-23(31)27-15(2)24-28-22-11-20(26-13-30(22)29-24)18-5-3-4-6-19(18)25/h3-9,11-13,15H,10H2,1-2H3,(H,27,31)/t15-/m0/s1. The maximum atomic E-state index is 14.1. The summed E-state index contributed by atoms with van der Waals surface area (Å²) in [6, 6.07) is 13.6. The molecule has 3 heterocycles. The zero-order valence-corrected chi connectivity index (χ0v) is 17.5. The first-order valence-corrected chi connectivity index (χ1v) is 10.2. The average Bonchev–Trinajstić information content (AvgIpc) is 3.37. The van der Waals surface area contributed by atoms with Crippen LogP contribution in [0.5, 0.6) is 0 Å². The van der Waals surface area contributed by atoms with Crippen LogP contribution in [0, 0.1) is 12.7 Å². The Morgan fingerprint density at radius 3 is 2.91 bits per heavy atom. The second-order valence-corrected chi connectivity index (χ2v) is 7.75. The first-order chi connectivity index (χ1) is 15.5. The van der Waals surface area contributed by atoms with Crippen molar-refractivity contribution in [2.75, 3.05) is 0 Å². The Balaban J connectivity index is 1.33. The summed E-state index contributed by atoms with van der Waals surface area (Å²) >= 11 is 0. The second kappa shape index (κ2) is 7.88. The molecule has 0 unspecified atom stereocenters. The van der Waals surface area contributed by atoms with E-state index in [1.807, 2.05) is 32.0 Å². The SMILES string of the molecule is Cc1ccc2c(CC(=O)N[C@@H](C)c3nc4cc(-c5ccccc5F)ncn4n3)coc2c1. The van der Waals surface area contributed by atoms with Gasteiger partial charge in [-0.2, -0.15) is 0 Å². The zero-order chi connectivity index (χ0) is 22.2. The number of rotatable bonds is 5. The summed E-state index contributed by atoms with van der Waals surface area (Å²) in [6.45, 7) is 3.81. The molecule has 3 aromatic heterocycles. The van der Waals surface area contributed by atoms with Gasteiger partial charge in [-0.1, -0.05) is 24.3 Å². The highest BCUT2D eigenvalue weighted by molar-refractivity contribution is 5.88. The van der Waals surface area contributed by atoms with Gasteiger partial charge in [-0.05, 0) is 37.6 Å². The number of nitrogens with one attached hydrogen (secondary N) is 1. The van der Waals surface area contributed by atoms with Crippen molar-refractivity contribution >= 4 is 22.5 Å². The number of benzene rings is 2. The van der Waals surface area contributed by atoms with E-state index in [9.17, 15) is 9.18 Å². The van der Waals surface area contributed by atoms with E-state index in [1.165, 1.54) is 16.9 Å². The minimum Gasteiger partial charge on any atom is -0.464 e. The van der Waals surface area contributed by atoms with E-state index in [1.54, 1.807) is 30.5 Å². The van der Waals surface area contributed by atoms with E-state index < -0.39 is 6.04 Å². The van der Waals surface area contributed by atoms with Crippen LogP contribution in [0.15, 0.2) is 65.5 Å². The van der Waals surface area contributed by atoms with E-state index >= 15 is 0 Å². The number of carbonyl (C=O) groups is 1. The van der Waals surface area contributed by atoms with Crippen LogP contribution in [0.1, 0.15) is 29.9 Å². The van der Waals surface area contributed by atoms with Crippen LogP contribution in [0.2, 0.25) is 0 Å². The number of hydrogen-bond acceptors (Lipinski definition) is 5. The Kier molecular flexibility index (Phi) is 4.89. The van der Waals surface area contributed by atoms with Crippen molar-refractivity contribution in [2.45, 2.75) is 26.3 Å². The number of amides is 1. The molecule has 0 spiro atoms. The fraction of sp³-hybridized carbons (Fsp3) is 0.167. The summed E-state index contributed by atoms with van der Waals surface area (Å²) < 4.78 is 21.2. The zero-order valence-electron chi connectivity index (χ0n) is 17.5. The van der Waals surface area contributed by atoms with Crippen LogP contribution in [0.3, 0.4) is 0 Å². The van der Waals surface area contributed by atoms with E-state index in [0.29, 0.717) is 22.7 Å². The number of nitrogens with zero attached hydrogens (tertiary/aromatic N) is 4. The van der Waals surface area contributed by atoms with E-state index in [2.05, 4.69) is 20.4 Å². The molecular weight excluding hydrogens is 409 g/mol. The highest BCUT2D eigenvalue weighted by atomic mass is 19.1. The molecule has 1 N–H and O–H groups in total. The molecule has 0 fully saturated rings. The Bertz CT molecular complexity index is 1460. The molecule has 7 nitrogen and oxygen atoms in total. The first kappa shape index (κ1) is 19.9. The highest BCUT2D eigenvalue weighted by Gasteiger charge is 2.18. The fourth-order valence-electron chi connectivity index (χ4n) is 3.67. The summed E-state index contributed by atoms with van der Waals surface area (Å²) in [7, 11) is 0. The van der Waals surface area contributed by atoms with Crippen molar-refractivity contribution in [3.05, 3.63) is 83.9 Å². The third-order valence-electron chi connectivity index (χ3n) is 5.32. The molecule has 0 aliphatic carbocycles. The number of halogens is 1. The lowest BCUT2D eigenvalue weighted by Gasteiger charge is -2.09. The molecular formula is C24H20FN5O2. The summed E-state index contributed by atoms with van der Waals surface area (Å²) in [5, 5.41) is 8.25. The number of carbonyl (C=O) groups excluding carboxylic acids is 1. The highest BCUT2D eigenvalue weighted by Crippen LogP contribution is 2.24. The number of aromatic nitrogens is 4. The lowest BCUT2D eigenvalue weighted by Crippen LogP contribution is -2.28. The molecule has 0 radical (unpaired) electrons. The molecule has 0 saturated carbocycles. The van der Waals surface area contributed by atoms with Crippen LogP contribution in [0.25, 0.3) is 27.9 Å². The lowest BCUT2D eigenvalue weighted by atomic mass is 10.1. The maximum absolute atomic E-state index is 14.1. The molecule has 1 atom stereocenters.